The first-order chi connectivity index (χ1) is 10.6. The van der Waals surface area contributed by atoms with Crippen LogP contribution in [0.1, 0.15) is 23.9 Å². The van der Waals surface area contributed by atoms with E-state index in [2.05, 4.69) is 10.5 Å². The van der Waals surface area contributed by atoms with Gasteiger partial charge in [0.25, 0.3) is 5.91 Å². The Labute approximate surface area is 129 Å². The molecular formula is C16H20N2O4. The molecule has 2 rings (SSSR count). The van der Waals surface area contributed by atoms with E-state index >= 15 is 0 Å². The van der Waals surface area contributed by atoms with Crippen molar-refractivity contribution in [2.24, 2.45) is 0 Å². The van der Waals surface area contributed by atoms with Gasteiger partial charge in [-0.25, -0.2) is 0 Å². The van der Waals surface area contributed by atoms with E-state index in [4.69, 9.17) is 14.4 Å². The van der Waals surface area contributed by atoms with Gasteiger partial charge in [-0.1, -0.05) is 35.5 Å². The largest absolute Gasteiger partial charge is 0.396 e. The maximum atomic E-state index is 12.3. The summed E-state index contributed by atoms with van der Waals surface area (Å²) in [5, 5.41) is 15.9. The van der Waals surface area contributed by atoms with Crippen molar-refractivity contribution in [3.63, 3.8) is 0 Å². The van der Waals surface area contributed by atoms with Gasteiger partial charge in [0.15, 0.2) is 0 Å². The number of rotatable bonds is 7. The van der Waals surface area contributed by atoms with Crippen molar-refractivity contribution in [3.05, 3.63) is 42.2 Å². The van der Waals surface area contributed by atoms with Crippen molar-refractivity contribution in [1.29, 1.82) is 0 Å². The molecule has 0 aliphatic rings. The highest BCUT2D eigenvalue weighted by molar-refractivity contribution is 5.92. The summed E-state index contributed by atoms with van der Waals surface area (Å²) in [6.45, 7) is 2.05. The van der Waals surface area contributed by atoms with Crippen LogP contribution < -0.4 is 5.32 Å². The number of hydrogen-bond donors (Lipinski definition) is 2. The number of aromatic nitrogens is 1. The fourth-order valence-electron chi connectivity index (χ4n) is 2.20. The molecule has 0 aliphatic heterocycles. The summed E-state index contributed by atoms with van der Waals surface area (Å²) in [6, 6.07) is 11.1. The minimum Gasteiger partial charge on any atom is -0.396 e. The normalized spacial score (nSPS) is 13.6. The van der Waals surface area contributed by atoms with Crippen LogP contribution in [0.2, 0.25) is 0 Å². The van der Waals surface area contributed by atoms with Crippen LogP contribution in [-0.2, 0) is 4.74 Å². The van der Waals surface area contributed by atoms with Crippen LogP contribution in [-0.4, -0.2) is 42.0 Å². The van der Waals surface area contributed by atoms with E-state index < -0.39 is 5.54 Å². The highest BCUT2D eigenvalue weighted by Gasteiger charge is 2.28. The van der Waals surface area contributed by atoms with Gasteiger partial charge in [0.05, 0.1) is 12.1 Å². The zero-order valence-electron chi connectivity index (χ0n) is 12.7. The van der Waals surface area contributed by atoms with Crippen LogP contribution >= 0.6 is 0 Å². The zero-order chi connectivity index (χ0) is 16.0. The first-order valence-corrected chi connectivity index (χ1v) is 7.02. The molecule has 1 aromatic heterocycles. The second kappa shape index (κ2) is 7.20. The molecule has 0 saturated heterocycles. The van der Waals surface area contributed by atoms with E-state index in [1.807, 2.05) is 30.3 Å². The van der Waals surface area contributed by atoms with E-state index in [1.54, 1.807) is 20.1 Å². The van der Waals surface area contributed by atoms with E-state index in [0.717, 1.165) is 5.56 Å². The number of amides is 1. The van der Waals surface area contributed by atoms with Crippen molar-refractivity contribution >= 4 is 5.91 Å². The van der Waals surface area contributed by atoms with Crippen LogP contribution in [0.5, 0.6) is 0 Å². The monoisotopic (exact) mass is 304 g/mol. The molecular weight excluding hydrogens is 284 g/mol. The number of carbonyl (C=O) groups excluding carboxylic acids is 1. The number of aliphatic hydroxyl groups excluding tert-OH is 1. The number of hydrogen-bond acceptors (Lipinski definition) is 5. The third-order valence-corrected chi connectivity index (χ3v) is 3.35. The van der Waals surface area contributed by atoms with E-state index in [0.29, 0.717) is 18.7 Å². The number of methoxy groups -OCH3 is 1. The lowest BCUT2D eigenvalue weighted by molar-refractivity contribution is 0.0696. The topological polar surface area (TPSA) is 84.6 Å². The lowest BCUT2D eigenvalue weighted by Crippen LogP contribution is -2.49. The minimum atomic E-state index is -0.666. The van der Waals surface area contributed by atoms with Crippen molar-refractivity contribution < 1.29 is 19.2 Å². The molecule has 0 aliphatic carbocycles. The minimum absolute atomic E-state index is 0.0498. The van der Waals surface area contributed by atoms with Gasteiger partial charge in [0, 0.05) is 25.3 Å². The Morgan fingerprint density at radius 3 is 2.77 bits per heavy atom. The molecule has 2 N–H and O–H groups in total. The predicted octanol–water partition coefficient (Wildman–Crippen LogP) is 1.86. The predicted molar refractivity (Wildman–Crippen MR) is 81.4 cm³/mol. The van der Waals surface area contributed by atoms with Gasteiger partial charge in [0.2, 0.25) is 5.76 Å². The van der Waals surface area contributed by atoms with Gasteiger partial charge in [-0.2, -0.15) is 0 Å². The molecule has 6 nitrogen and oxygen atoms in total. The first-order valence-electron chi connectivity index (χ1n) is 7.02. The third kappa shape index (κ3) is 3.93. The number of nitrogens with one attached hydrogen (secondary N) is 1. The summed E-state index contributed by atoms with van der Waals surface area (Å²) in [6.07, 6.45) is 0.381. The fraction of sp³-hybridized carbons (Fsp3) is 0.375. The average molecular weight is 304 g/mol. The maximum Gasteiger partial charge on any atom is 0.290 e. The third-order valence-electron chi connectivity index (χ3n) is 3.35. The number of ether oxygens (including phenoxy) is 1. The van der Waals surface area contributed by atoms with Crippen LogP contribution in [0, 0.1) is 0 Å². The van der Waals surface area contributed by atoms with Gasteiger partial charge >= 0.3 is 0 Å². The highest BCUT2D eigenvalue weighted by atomic mass is 16.5. The van der Waals surface area contributed by atoms with Crippen LogP contribution in [0.15, 0.2) is 40.9 Å². The molecule has 1 heterocycles. The van der Waals surface area contributed by atoms with Gasteiger partial charge in [-0.3, -0.25) is 4.79 Å². The van der Waals surface area contributed by atoms with Crippen LogP contribution in [0.3, 0.4) is 0 Å². The van der Waals surface area contributed by atoms with E-state index in [9.17, 15) is 4.79 Å². The molecule has 0 saturated carbocycles. The molecule has 1 aromatic carbocycles. The summed E-state index contributed by atoms with van der Waals surface area (Å²) >= 11 is 0. The van der Waals surface area contributed by atoms with Gasteiger partial charge in [0.1, 0.15) is 5.69 Å². The molecule has 1 unspecified atom stereocenters. The molecule has 1 amide bonds. The van der Waals surface area contributed by atoms with Gasteiger partial charge < -0.3 is 19.7 Å². The lowest BCUT2D eigenvalue weighted by Gasteiger charge is -2.28. The Morgan fingerprint density at radius 2 is 2.14 bits per heavy atom. The zero-order valence-corrected chi connectivity index (χ0v) is 12.7. The number of nitrogens with zero attached hydrogens (tertiary/aromatic N) is 1. The second-order valence-electron chi connectivity index (χ2n) is 5.36. The SMILES string of the molecule is COCC(C)(CCO)NC(=O)c1cc(-c2ccccc2)no1. The second-order valence-corrected chi connectivity index (χ2v) is 5.36. The fourth-order valence-corrected chi connectivity index (χ4v) is 2.20. The molecule has 1 atom stereocenters. The Balaban J connectivity index is 2.12. The number of benzene rings is 1. The summed E-state index contributed by atoms with van der Waals surface area (Å²) in [4.78, 5) is 12.3. The molecule has 0 bridgehead atoms. The van der Waals surface area contributed by atoms with Crippen molar-refractivity contribution in [1.82, 2.24) is 10.5 Å². The summed E-state index contributed by atoms with van der Waals surface area (Å²) in [7, 11) is 1.55. The van der Waals surface area contributed by atoms with Gasteiger partial charge in [-0.05, 0) is 13.3 Å². The molecule has 118 valence electrons. The molecule has 22 heavy (non-hydrogen) atoms. The summed E-state index contributed by atoms with van der Waals surface area (Å²) in [5.74, 6) is -0.262. The van der Waals surface area contributed by atoms with Crippen LogP contribution in [0.25, 0.3) is 11.3 Å². The van der Waals surface area contributed by atoms with Crippen molar-refractivity contribution in [2.75, 3.05) is 20.3 Å². The van der Waals surface area contributed by atoms with E-state index in [1.165, 1.54) is 0 Å². The summed E-state index contributed by atoms with van der Waals surface area (Å²) in [5.41, 5.74) is 0.807. The van der Waals surface area contributed by atoms with E-state index in [-0.39, 0.29) is 18.3 Å². The standard InChI is InChI=1S/C16H20N2O4/c1-16(8-9-19,11-21-2)17-15(20)14-10-13(18-22-14)12-6-4-3-5-7-12/h3-7,10,19H,8-9,11H2,1-2H3,(H,17,20). The molecule has 0 spiro atoms. The smallest absolute Gasteiger partial charge is 0.290 e. The Hall–Kier alpha value is -2.18. The number of carbonyl (C=O) groups is 1. The maximum absolute atomic E-state index is 12.3. The Morgan fingerprint density at radius 1 is 1.41 bits per heavy atom. The lowest BCUT2D eigenvalue weighted by atomic mass is 9.99. The van der Waals surface area contributed by atoms with Crippen LogP contribution in [0.4, 0.5) is 0 Å². The van der Waals surface area contributed by atoms with Crippen molar-refractivity contribution in [2.45, 2.75) is 18.9 Å². The average Bonchev–Trinajstić information content (AvgIpc) is 2.98. The molecule has 6 heteroatoms. The highest BCUT2D eigenvalue weighted by Crippen LogP contribution is 2.19. The van der Waals surface area contributed by atoms with Crippen molar-refractivity contribution in [3.8, 4) is 11.3 Å². The summed E-state index contributed by atoms with van der Waals surface area (Å²) < 4.78 is 10.2. The van der Waals surface area contributed by atoms with Gasteiger partial charge in [-0.15, -0.1) is 0 Å². The first kappa shape index (κ1) is 16.2. The molecule has 0 fully saturated rings. The number of aliphatic hydroxyl groups is 1. The Bertz CT molecular complexity index is 604. The molecule has 2 aromatic rings. The Kier molecular flexibility index (Phi) is 5.30. The quantitative estimate of drug-likeness (QED) is 0.815. The molecule has 0 radical (unpaired) electrons.